The normalized spacial score (nSPS) is 11.0. The molecule has 3 aromatic rings. The van der Waals surface area contributed by atoms with Crippen molar-refractivity contribution in [3.05, 3.63) is 46.3 Å². The molecule has 3 N–H and O–H groups in total. The van der Waals surface area contributed by atoms with Crippen LogP contribution >= 0.6 is 11.3 Å². The second kappa shape index (κ2) is 5.37. The van der Waals surface area contributed by atoms with E-state index >= 15 is 0 Å². The summed E-state index contributed by atoms with van der Waals surface area (Å²) >= 11 is 1.73. The van der Waals surface area contributed by atoms with Gasteiger partial charge in [-0.25, -0.2) is 0 Å². The molecule has 0 atom stereocenters. The zero-order valence-corrected chi connectivity index (χ0v) is 13.3. The minimum absolute atomic E-state index is 0.559. The first-order chi connectivity index (χ1) is 10.1. The van der Waals surface area contributed by atoms with Crippen LogP contribution < -0.4 is 5.73 Å². The van der Waals surface area contributed by atoms with Gasteiger partial charge < -0.3 is 5.73 Å². The van der Waals surface area contributed by atoms with E-state index in [4.69, 9.17) is 5.73 Å². The van der Waals surface area contributed by atoms with Crippen molar-refractivity contribution in [2.45, 2.75) is 27.2 Å². The van der Waals surface area contributed by atoms with Crippen LogP contribution in [0.25, 0.3) is 21.7 Å². The van der Waals surface area contributed by atoms with Crippen molar-refractivity contribution < 1.29 is 0 Å². The van der Waals surface area contributed by atoms with E-state index in [-0.39, 0.29) is 0 Å². The summed E-state index contributed by atoms with van der Waals surface area (Å²) in [5.41, 5.74) is 13.2. The smallest absolute Gasteiger partial charge is 0.153 e. The third kappa shape index (κ3) is 2.36. The number of nitrogens with one attached hydrogen (secondary N) is 1. The minimum atomic E-state index is 0.559. The molecule has 21 heavy (non-hydrogen) atoms. The summed E-state index contributed by atoms with van der Waals surface area (Å²) in [4.78, 5) is 1.23. The second-order valence-electron chi connectivity index (χ2n) is 5.29. The van der Waals surface area contributed by atoms with Crippen molar-refractivity contribution in [1.82, 2.24) is 10.2 Å². The number of H-pyrrole nitrogens is 1. The number of aryl methyl sites for hydroxylation is 3. The van der Waals surface area contributed by atoms with Gasteiger partial charge >= 0.3 is 0 Å². The lowest BCUT2D eigenvalue weighted by atomic mass is 9.99. The molecule has 0 fully saturated rings. The molecule has 0 bridgehead atoms. The molecule has 0 unspecified atom stereocenters. The Bertz CT molecular complexity index is 783. The summed E-state index contributed by atoms with van der Waals surface area (Å²) < 4.78 is 0. The Morgan fingerprint density at radius 3 is 2.71 bits per heavy atom. The molecule has 0 aliphatic heterocycles. The Balaban J connectivity index is 2.19. The van der Waals surface area contributed by atoms with E-state index < -0.39 is 0 Å². The fourth-order valence-corrected chi connectivity index (χ4v) is 3.54. The molecule has 0 amide bonds. The van der Waals surface area contributed by atoms with E-state index in [0.717, 1.165) is 23.2 Å². The van der Waals surface area contributed by atoms with E-state index in [9.17, 15) is 0 Å². The Morgan fingerprint density at radius 2 is 2.00 bits per heavy atom. The van der Waals surface area contributed by atoms with Crippen LogP contribution in [-0.4, -0.2) is 10.2 Å². The number of hydrogen-bond acceptors (Lipinski definition) is 3. The fourth-order valence-electron chi connectivity index (χ4n) is 2.54. The molecule has 2 aromatic heterocycles. The first-order valence-corrected chi connectivity index (χ1v) is 7.98. The Hall–Kier alpha value is -2.07. The summed E-state index contributed by atoms with van der Waals surface area (Å²) in [6.07, 6.45) is 1.00. The van der Waals surface area contributed by atoms with Crippen LogP contribution in [0, 0.1) is 13.8 Å². The molecule has 0 aliphatic carbocycles. The SMILES string of the molecule is CCc1ccsc1-c1[nH]nc(N)c1-c1ccc(C)c(C)c1. The maximum Gasteiger partial charge on any atom is 0.153 e. The average Bonchev–Trinajstić information content (AvgIpc) is 3.07. The van der Waals surface area contributed by atoms with Crippen LogP contribution in [0.5, 0.6) is 0 Å². The number of thiophene rings is 1. The third-order valence-electron chi connectivity index (χ3n) is 3.94. The monoisotopic (exact) mass is 297 g/mol. The van der Waals surface area contributed by atoms with E-state index in [1.165, 1.54) is 21.6 Å². The number of anilines is 1. The van der Waals surface area contributed by atoms with Gasteiger partial charge in [-0.2, -0.15) is 5.10 Å². The van der Waals surface area contributed by atoms with Gasteiger partial charge in [-0.1, -0.05) is 25.1 Å². The molecule has 0 spiro atoms. The maximum absolute atomic E-state index is 6.12. The molecule has 2 heterocycles. The van der Waals surface area contributed by atoms with E-state index in [1.807, 2.05) is 0 Å². The number of nitrogens with zero attached hydrogens (tertiary/aromatic N) is 1. The van der Waals surface area contributed by atoms with Gasteiger partial charge in [-0.15, -0.1) is 11.3 Å². The summed E-state index contributed by atoms with van der Waals surface area (Å²) in [6, 6.07) is 8.60. The first kappa shape index (κ1) is 13.9. The van der Waals surface area contributed by atoms with Crippen molar-refractivity contribution in [1.29, 1.82) is 0 Å². The number of aromatic amines is 1. The molecule has 3 rings (SSSR count). The lowest BCUT2D eigenvalue weighted by molar-refractivity contribution is 1.10. The fraction of sp³-hybridized carbons (Fsp3) is 0.235. The quantitative estimate of drug-likeness (QED) is 0.744. The van der Waals surface area contributed by atoms with Crippen molar-refractivity contribution in [3.8, 4) is 21.7 Å². The van der Waals surface area contributed by atoms with Gasteiger partial charge in [0, 0.05) is 0 Å². The summed E-state index contributed by atoms with van der Waals surface area (Å²) in [5.74, 6) is 0.559. The van der Waals surface area contributed by atoms with E-state index in [1.54, 1.807) is 11.3 Å². The Kier molecular flexibility index (Phi) is 3.55. The van der Waals surface area contributed by atoms with Crippen molar-refractivity contribution in [3.63, 3.8) is 0 Å². The highest BCUT2D eigenvalue weighted by Crippen LogP contribution is 2.39. The van der Waals surface area contributed by atoms with Crippen LogP contribution in [0.4, 0.5) is 5.82 Å². The Morgan fingerprint density at radius 1 is 1.19 bits per heavy atom. The number of aromatic nitrogens is 2. The number of benzene rings is 1. The van der Waals surface area contributed by atoms with Crippen molar-refractivity contribution >= 4 is 17.2 Å². The van der Waals surface area contributed by atoms with Crippen molar-refractivity contribution in [2.75, 3.05) is 5.73 Å². The van der Waals surface area contributed by atoms with Gasteiger partial charge in [0.05, 0.1) is 16.1 Å². The zero-order valence-electron chi connectivity index (χ0n) is 12.5. The Labute approximate surface area is 128 Å². The molecule has 1 aromatic carbocycles. The first-order valence-electron chi connectivity index (χ1n) is 7.10. The van der Waals surface area contributed by atoms with Gasteiger partial charge in [0.1, 0.15) is 0 Å². The van der Waals surface area contributed by atoms with Crippen LogP contribution in [0.1, 0.15) is 23.6 Å². The molecule has 0 saturated carbocycles. The molecule has 3 nitrogen and oxygen atoms in total. The lowest BCUT2D eigenvalue weighted by Gasteiger charge is -2.07. The molecule has 0 radical (unpaired) electrons. The van der Waals surface area contributed by atoms with Gasteiger partial charge in [0.2, 0.25) is 0 Å². The van der Waals surface area contributed by atoms with Gasteiger partial charge in [0.25, 0.3) is 0 Å². The molecular formula is C17H19N3S. The molecule has 108 valence electrons. The number of rotatable bonds is 3. The molecular weight excluding hydrogens is 278 g/mol. The van der Waals surface area contributed by atoms with Crippen LogP contribution in [-0.2, 0) is 6.42 Å². The minimum Gasteiger partial charge on any atom is -0.382 e. The second-order valence-corrected chi connectivity index (χ2v) is 6.20. The topological polar surface area (TPSA) is 54.7 Å². The highest BCUT2D eigenvalue weighted by atomic mass is 32.1. The third-order valence-corrected chi connectivity index (χ3v) is 4.92. The largest absolute Gasteiger partial charge is 0.382 e. The molecule has 0 aliphatic rings. The van der Waals surface area contributed by atoms with Crippen LogP contribution in [0.3, 0.4) is 0 Å². The standard InChI is InChI=1S/C17H19N3S/c1-4-12-7-8-21-16(12)15-14(17(18)20-19-15)13-6-5-10(2)11(3)9-13/h5-9H,4H2,1-3H3,(H3,18,19,20). The van der Waals surface area contributed by atoms with E-state index in [2.05, 4.69) is 60.6 Å². The highest BCUT2D eigenvalue weighted by molar-refractivity contribution is 7.13. The molecule has 4 heteroatoms. The lowest BCUT2D eigenvalue weighted by Crippen LogP contribution is -1.90. The predicted molar refractivity (Wildman–Crippen MR) is 90.6 cm³/mol. The van der Waals surface area contributed by atoms with Gasteiger partial charge in [-0.3, -0.25) is 5.10 Å². The zero-order chi connectivity index (χ0) is 15.0. The average molecular weight is 297 g/mol. The summed E-state index contributed by atoms with van der Waals surface area (Å²) in [6.45, 7) is 6.41. The van der Waals surface area contributed by atoms with Crippen LogP contribution in [0.2, 0.25) is 0 Å². The number of nitrogen functional groups attached to an aromatic ring is 1. The number of nitrogens with two attached hydrogens (primary N) is 1. The molecule has 0 saturated heterocycles. The maximum atomic E-state index is 6.12. The number of hydrogen-bond donors (Lipinski definition) is 2. The summed E-state index contributed by atoms with van der Waals surface area (Å²) in [7, 11) is 0. The van der Waals surface area contributed by atoms with E-state index in [0.29, 0.717) is 5.82 Å². The predicted octanol–water partition coefficient (Wildman–Crippen LogP) is 4.57. The van der Waals surface area contributed by atoms with Crippen LogP contribution in [0.15, 0.2) is 29.6 Å². The van der Waals surface area contributed by atoms with Gasteiger partial charge in [-0.05, 0) is 54.0 Å². The highest BCUT2D eigenvalue weighted by Gasteiger charge is 2.18. The van der Waals surface area contributed by atoms with Gasteiger partial charge in [0.15, 0.2) is 5.82 Å². The van der Waals surface area contributed by atoms with Crippen molar-refractivity contribution in [2.24, 2.45) is 0 Å². The summed E-state index contributed by atoms with van der Waals surface area (Å²) in [5, 5.41) is 9.48.